The number of benzene rings is 1. The minimum absolute atomic E-state index is 0.264. The highest BCUT2D eigenvalue weighted by atomic mass is 35.5. The Kier molecular flexibility index (Phi) is 5.34. The Hall–Kier alpha value is -0.930. The van der Waals surface area contributed by atoms with Crippen molar-refractivity contribution in [3.63, 3.8) is 0 Å². The molecule has 0 bridgehead atoms. The van der Waals surface area contributed by atoms with Crippen LogP contribution in [0.25, 0.3) is 0 Å². The Bertz CT molecular complexity index is 417. The molecule has 1 aliphatic rings. The summed E-state index contributed by atoms with van der Waals surface area (Å²) in [4.78, 5) is 0. The van der Waals surface area contributed by atoms with E-state index < -0.39 is 0 Å². The number of rotatable bonds is 5. The van der Waals surface area contributed by atoms with Gasteiger partial charge in [-0.15, -0.1) is 0 Å². The fraction of sp³-hybridized carbons (Fsp3) is 0.600. The summed E-state index contributed by atoms with van der Waals surface area (Å²) in [5, 5.41) is 0.619. The Morgan fingerprint density at radius 3 is 2.63 bits per heavy atom. The second-order valence-corrected chi connectivity index (χ2v) is 5.43. The molecule has 1 aromatic carbocycles. The first-order chi connectivity index (χ1) is 9.24. The molecule has 4 heteroatoms. The van der Waals surface area contributed by atoms with Crippen LogP contribution in [0.4, 0.5) is 0 Å². The molecule has 106 valence electrons. The average Bonchev–Trinajstić information content (AvgIpc) is 2.43. The van der Waals surface area contributed by atoms with Crippen LogP contribution in [-0.4, -0.2) is 19.8 Å². The van der Waals surface area contributed by atoms with Crippen molar-refractivity contribution in [1.29, 1.82) is 0 Å². The van der Waals surface area contributed by atoms with E-state index in [0.29, 0.717) is 23.1 Å². The number of hydrogen-bond donors (Lipinski definition) is 1. The summed E-state index contributed by atoms with van der Waals surface area (Å²) in [5.41, 5.74) is 6.66. The summed E-state index contributed by atoms with van der Waals surface area (Å²) in [5.74, 6) is 1.39. The molecule has 0 aliphatic heterocycles. The molecule has 1 aliphatic carbocycles. The lowest BCUT2D eigenvalue weighted by Gasteiger charge is -2.24. The number of ether oxygens (including phenoxy) is 2. The number of halogens is 1. The van der Waals surface area contributed by atoms with Crippen molar-refractivity contribution in [2.75, 3.05) is 13.7 Å². The van der Waals surface area contributed by atoms with E-state index in [1.807, 2.05) is 12.1 Å². The maximum absolute atomic E-state index is 6.32. The zero-order valence-electron chi connectivity index (χ0n) is 11.5. The van der Waals surface area contributed by atoms with Crippen LogP contribution in [-0.2, 0) is 6.42 Å². The maximum atomic E-state index is 6.32. The molecule has 3 nitrogen and oxygen atoms in total. The first-order valence-electron chi connectivity index (χ1n) is 6.97. The van der Waals surface area contributed by atoms with Crippen molar-refractivity contribution in [2.45, 2.75) is 44.6 Å². The molecule has 2 N–H and O–H groups in total. The second kappa shape index (κ2) is 7.01. The van der Waals surface area contributed by atoms with E-state index in [1.165, 1.54) is 19.3 Å². The van der Waals surface area contributed by atoms with Gasteiger partial charge in [-0.3, -0.25) is 0 Å². The van der Waals surface area contributed by atoms with Gasteiger partial charge in [-0.2, -0.15) is 0 Å². The molecule has 0 aromatic heterocycles. The third kappa shape index (κ3) is 3.77. The molecule has 0 amide bonds. The molecular weight excluding hydrogens is 262 g/mol. The van der Waals surface area contributed by atoms with Gasteiger partial charge in [-0.05, 0) is 56.3 Å². The van der Waals surface area contributed by atoms with E-state index in [9.17, 15) is 0 Å². The predicted octanol–water partition coefficient (Wildman–Crippen LogP) is 3.56. The van der Waals surface area contributed by atoms with E-state index >= 15 is 0 Å². The first kappa shape index (κ1) is 14.5. The summed E-state index contributed by atoms with van der Waals surface area (Å²) in [7, 11) is 1.64. The molecule has 0 spiro atoms. The molecule has 0 unspecified atom stereocenters. The molecule has 0 radical (unpaired) electrons. The van der Waals surface area contributed by atoms with Gasteiger partial charge in [0.2, 0.25) is 0 Å². The summed E-state index contributed by atoms with van der Waals surface area (Å²) in [6, 6.07) is 3.89. The lowest BCUT2D eigenvalue weighted by molar-refractivity contribution is 0.149. The van der Waals surface area contributed by atoms with Crippen molar-refractivity contribution < 1.29 is 9.47 Å². The minimum Gasteiger partial charge on any atom is -0.493 e. The van der Waals surface area contributed by atoms with E-state index in [2.05, 4.69) is 0 Å². The van der Waals surface area contributed by atoms with E-state index in [0.717, 1.165) is 24.8 Å². The highest BCUT2D eigenvalue weighted by Crippen LogP contribution is 2.38. The SMILES string of the molecule is COc1cc(CCN)cc(Cl)c1OC1CCCCC1. The van der Waals surface area contributed by atoms with Crippen molar-refractivity contribution in [3.05, 3.63) is 22.7 Å². The van der Waals surface area contributed by atoms with Crippen molar-refractivity contribution >= 4 is 11.6 Å². The van der Waals surface area contributed by atoms with Gasteiger partial charge >= 0.3 is 0 Å². The second-order valence-electron chi connectivity index (χ2n) is 5.03. The molecule has 2 rings (SSSR count). The lowest BCUT2D eigenvalue weighted by Crippen LogP contribution is -2.20. The number of nitrogens with two attached hydrogens (primary N) is 1. The first-order valence-corrected chi connectivity index (χ1v) is 7.35. The molecule has 0 heterocycles. The highest BCUT2D eigenvalue weighted by Gasteiger charge is 2.19. The maximum Gasteiger partial charge on any atom is 0.180 e. The number of methoxy groups -OCH3 is 1. The molecule has 1 saturated carbocycles. The van der Waals surface area contributed by atoms with Crippen LogP contribution in [0.1, 0.15) is 37.7 Å². The van der Waals surface area contributed by atoms with Gasteiger partial charge in [-0.25, -0.2) is 0 Å². The summed E-state index contributed by atoms with van der Waals surface area (Å²) in [6.45, 7) is 0.600. The van der Waals surface area contributed by atoms with Gasteiger partial charge < -0.3 is 15.2 Å². The quantitative estimate of drug-likeness (QED) is 0.898. The Morgan fingerprint density at radius 2 is 2.00 bits per heavy atom. The van der Waals surface area contributed by atoms with E-state index in [-0.39, 0.29) is 6.10 Å². The van der Waals surface area contributed by atoms with Crippen molar-refractivity contribution in [3.8, 4) is 11.5 Å². The van der Waals surface area contributed by atoms with Crippen LogP contribution < -0.4 is 15.2 Å². The topological polar surface area (TPSA) is 44.5 Å². The van der Waals surface area contributed by atoms with Crippen LogP contribution >= 0.6 is 11.6 Å². The average molecular weight is 284 g/mol. The Balaban J connectivity index is 2.17. The summed E-state index contributed by atoms with van der Waals surface area (Å²) < 4.78 is 11.5. The molecular formula is C15H22ClNO2. The lowest BCUT2D eigenvalue weighted by atomic mass is 9.98. The third-order valence-corrected chi connectivity index (χ3v) is 3.84. The monoisotopic (exact) mass is 283 g/mol. The molecule has 19 heavy (non-hydrogen) atoms. The van der Waals surface area contributed by atoms with Crippen LogP contribution in [0.2, 0.25) is 5.02 Å². The molecule has 0 saturated heterocycles. The zero-order valence-corrected chi connectivity index (χ0v) is 12.2. The minimum atomic E-state index is 0.264. The molecule has 1 fully saturated rings. The van der Waals surface area contributed by atoms with Gasteiger partial charge in [0.1, 0.15) is 0 Å². The Morgan fingerprint density at radius 1 is 1.26 bits per heavy atom. The van der Waals surface area contributed by atoms with Crippen LogP contribution in [0.15, 0.2) is 12.1 Å². The van der Waals surface area contributed by atoms with Crippen LogP contribution in [0.3, 0.4) is 0 Å². The molecule has 1 aromatic rings. The van der Waals surface area contributed by atoms with Gasteiger partial charge in [0.25, 0.3) is 0 Å². The van der Waals surface area contributed by atoms with Crippen LogP contribution in [0.5, 0.6) is 11.5 Å². The van der Waals surface area contributed by atoms with E-state index in [4.69, 9.17) is 26.8 Å². The zero-order chi connectivity index (χ0) is 13.7. The fourth-order valence-electron chi connectivity index (χ4n) is 2.55. The van der Waals surface area contributed by atoms with Crippen molar-refractivity contribution in [1.82, 2.24) is 0 Å². The number of hydrogen-bond acceptors (Lipinski definition) is 3. The van der Waals surface area contributed by atoms with Crippen molar-refractivity contribution in [2.24, 2.45) is 5.73 Å². The van der Waals surface area contributed by atoms with Gasteiger partial charge in [0, 0.05) is 0 Å². The normalized spacial score (nSPS) is 16.4. The smallest absolute Gasteiger partial charge is 0.180 e. The standard InChI is InChI=1S/C15H22ClNO2/c1-18-14-10-11(7-8-17)9-13(16)15(14)19-12-5-3-2-4-6-12/h9-10,12H,2-8,17H2,1H3. The summed E-state index contributed by atoms with van der Waals surface area (Å²) >= 11 is 6.32. The van der Waals surface area contributed by atoms with Gasteiger partial charge in [0.15, 0.2) is 11.5 Å². The largest absolute Gasteiger partial charge is 0.493 e. The predicted molar refractivity (Wildman–Crippen MR) is 78.3 cm³/mol. The summed E-state index contributed by atoms with van der Waals surface area (Å²) in [6.07, 6.45) is 7.03. The van der Waals surface area contributed by atoms with E-state index in [1.54, 1.807) is 7.11 Å². The van der Waals surface area contributed by atoms with Crippen LogP contribution in [0, 0.1) is 0 Å². The van der Waals surface area contributed by atoms with Gasteiger partial charge in [0.05, 0.1) is 18.2 Å². The molecule has 0 atom stereocenters. The Labute approximate surface area is 120 Å². The highest BCUT2D eigenvalue weighted by molar-refractivity contribution is 6.32. The van der Waals surface area contributed by atoms with Gasteiger partial charge in [-0.1, -0.05) is 18.0 Å². The fourth-order valence-corrected chi connectivity index (χ4v) is 2.83. The third-order valence-electron chi connectivity index (χ3n) is 3.56.